The quantitative estimate of drug-likeness (QED) is 0.739. The predicted octanol–water partition coefficient (Wildman–Crippen LogP) is 2.90. The molecule has 2 fully saturated rings. The molecule has 0 aliphatic heterocycles. The summed E-state index contributed by atoms with van der Waals surface area (Å²) in [6.45, 7) is 6.01. The second kappa shape index (κ2) is 6.95. The SMILES string of the molecule is CCOC(=O)C(NC(=O)c1conc1C(C)C)C(C1CC1)C1CC1. The number of ether oxygens (including phenoxy) is 1. The van der Waals surface area contributed by atoms with Crippen molar-refractivity contribution in [2.45, 2.75) is 58.4 Å². The highest BCUT2D eigenvalue weighted by Crippen LogP contribution is 2.50. The standard InChI is InChI=1S/C18H26N2O4/c1-4-23-18(22)16(14(11-5-6-11)12-7-8-12)19-17(21)13-9-24-20-15(13)10(2)3/h9-12,14,16H,4-8H2,1-3H3,(H,19,21). The molecule has 6 heteroatoms. The Hall–Kier alpha value is -1.85. The Morgan fingerprint density at radius 3 is 2.42 bits per heavy atom. The number of nitrogens with zero attached hydrogens (tertiary/aromatic N) is 1. The van der Waals surface area contributed by atoms with E-state index in [0.29, 0.717) is 29.7 Å². The van der Waals surface area contributed by atoms with Crippen LogP contribution in [0.3, 0.4) is 0 Å². The van der Waals surface area contributed by atoms with Crippen LogP contribution in [0.1, 0.15) is 68.4 Å². The van der Waals surface area contributed by atoms with Gasteiger partial charge in [0.05, 0.1) is 12.3 Å². The van der Waals surface area contributed by atoms with Crippen molar-refractivity contribution in [1.29, 1.82) is 0 Å². The molecule has 132 valence electrons. The fourth-order valence-corrected chi connectivity index (χ4v) is 3.49. The highest BCUT2D eigenvalue weighted by Gasteiger charge is 2.49. The number of esters is 1. The molecule has 0 bridgehead atoms. The number of rotatable bonds is 8. The molecule has 2 saturated carbocycles. The number of carbonyl (C=O) groups excluding carboxylic acids is 2. The number of amides is 1. The van der Waals surface area contributed by atoms with Crippen LogP contribution in [0.4, 0.5) is 0 Å². The molecular formula is C18H26N2O4. The van der Waals surface area contributed by atoms with Gasteiger partial charge >= 0.3 is 5.97 Å². The number of nitrogens with one attached hydrogen (secondary N) is 1. The zero-order valence-electron chi connectivity index (χ0n) is 14.6. The predicted molar refractivity (Wildman–Crippen MR) is 87.4 cm³/mol. The van der Waals surface area contributed by atoms with E-state index in [0.717, 1.165) is 25.7 Å². The van der Waals surface area contributed by atoms with Crippen molar-refractivity contribution < 1.29 is 18.8 Å². The van der Waals surface area contributed by atoms with Crippen molar-refractivity contribution in [3.63, 3.8) is 0 Å². The lowest BCUT2D eigenvalue weighted by molar-refractivity contribution is -0.147. The van der Waals surface area contributed by atoms with Gasteiger partial charge in [0.15, 0.2) is 0 Å². The van der Waals surface area contributed by atoms with Crippen LogP contribution in [0.2, 0.25) is 0 Å². The second-order valence-electron chi connectivity index (χ2n) is 7.22. The zero-order chi connectivity index (χ0) is 17.3. The van der Waals surface area contributed by atoms with E-state index in [9.17, 15) is 9.59 Å². The average molecular weight is 334 g/mol. The van der Waals surface area contributed by atoms with Crippen LogP contribution in [-0.4, -0.2) is 29.7 Å². The van der Waals surface area contributed by atoms with Crippen LogP contribution in [0.25, 0.3) is 0 Å². The molecule has 0 radical (unpaired) electrons. The van der Waals surface area contributed by atoms with Crippen molar-refractivity contribution >= 4 is 11.9 Å². The summed E-state index contributed by atoms with van der Waals surface area (Å²) in [5.41, 5.74) is 1.02. The Labute approximate surface area is 142 Å². The minimum atomic E-state index is -0.577. The second-order valence-corrected chi connectivity index (χ2v) is 7.22. The van der Waals surface area contributed by atoms with E-state index in [2.05, 4.69) is 10.5 Å². The summed E-state index contributed by atoms with van der Waals surface area (Å²) in [7, 11) is 0. The summed E-state index contributed by atoms with van der Waals surface area (Å²) in [5, 5.41) is 6.84. The topological polar surface area (TPSA) is 81.4 Å². The molecule has 1 unspecified atom stereocenters. The summed E-state index contributed by atoms with van der Waals surface area (Å²) in [4.78, 5) is 25.2. The van der Waals surface area contributed by atoms with Crippen molar-refractivity contribution in [3.8, 4) is 0 Å². The Balaban J connectivity index is 1.79. The molecule has 1 aromatic rings. The summed E-state index contributed by atoms with van der Waals surface area (Å²) < 4.78 is 10.2. The number of aromatic nitrogens is 1. The first-order valence-corrected chi connectivity index (χ1v) is 8.94. The molecule has 0 saturated heterocycles. The van der Waals surface area contributed by atoms with E-state index in [4.69, 9.17) is 9.26 Å². The largest absolute Gasteiger partial charge is 0.464 e. The van der Waals surface area contributed by atoms with Gasteiger partial charge < -0.3 is 14.6 Å². The van der Waals surface area contributed by atoms with Crippen LogP contribution in [-0.2, 0) is 9.53 Å². The molecule has 24 heavy (non-hydrogen) atoms. The fourth-order valence-electron chi connectivity index (χ4n) is 3.49. The van der Waals surface area contributed by atoms with Crippen molar-refractivity contribution in [2.24, 2.45) is 17.8 Å². The third-order valence-corrected chi connectivity index (χ3v) is 4.93. The third kappa shape index (κ3) is 3.62. The first kappa shape index (κ1) is 17.0. The molecule has 1 heterocycles. The minimum absolute atomic E-state index is 0.0770. The van der Waals surface area contributed by atoms with Crippen LogP contribution >= 0.6 is 0 Å². The highest BCUT2D eigenvalue weighted by molar-refractivity contribution is 5.97. The number of carbonyl (C=O) groups is 2. The fraction of sp³-hybridized carbons (Fsp3) is 0.722. The summed E-state index contributed by atoms with van der Waals surface area (Å²) in [6.07, 6.45) is 5.90. The van der Waals surface area contributed by atoms with Gasteiger partial charge in [-0.15, -0.1) is 0 Å². The Morgan fingerprint density at radius 1 is 1.29 bits per heavy atom. The van der Waals surface area contributed by atoms with Gasteiger partial charge in [-0.3, -0.25) is 4.79 Å². The summed E-state index contributed by atoms with van der Waals surface area (Å²) >= 11 is 0. The summed E-state index contributed by atoms with van der Waals surface area (Å²) in [5.74, 6) is 0.698. The normalized spacial score (nSPS) is 18.7. The smallest absolute Gasteiger partial charge is 0.328 e. The molecule has 1 amide bonds. The molecule has 2 aliphatic rings. The molecule has 0 aromatic carbocycles. The van der Waals surface area contributed by atoms with E-state index in [1.807, 2.05) is 13.8 Å². The van der Waals surface area contributed by atoms with E-state index >= 15 is 0 Å². The van der Waals surface area contributed by atoms with Gasteiger partial charge in [0.1, 0.15) is 17.9 Å². The van der Waals surface area contributed by atoms with Crippen molar-refractivity contribution in [2.75, 3.05) is 6.61 Å². The van der Waals surface area contributed by atoms with E-state index < -0.39 is 6.04 Å². The lowest BCUT2D eigenvalue weighted by atomic mass is 9.89. The Morgan fingerprint density at radius 2 is 1.92 bits per heavy atom. The molecular weight excluding hydrogens is 308 g/mol. The minimum Gasteiger partial charge on any atom is -0.464 e. The van der Waals surface area contributed by atoms with Gasteiger partial charge in [-0.2, -0.15) is 0 Å². The lowest BCUT2D eigenvalue weighted by Gasteiger charge is -2.26. The third-order valence-electron chi connectivity index (χ3n) is 4.93. The Kier molecular flexibility index (Phi) is 4.92. The molecule has 3 rings (SSSR count). The van der Waals surface area contributed by atoms with Crippen LogP contribution in [0, 0.1) is 17.8 Å². The van der Waals surface area contributed by atoms with Crippen LogP contribution in [0.5, 0.6) is 0 Å². The lowest BCUT2D eigenvalue weighted by Crippen LogP contribution is -2.48. The van der Waals surface area contributed by atoms with E-state index in [1.165, 1.54) is 6.26 Å². The van der Waals surface area contributed by atoms with E-state index in [-0.39, 0.29) is 23.7 Å². The molecule has 1 N–H and O–H groups in total. The van der Waals surface area contributed by atoms with Gasteiger partial charge in [-0.25, -0.2) is 4.79 Å². The van der Waals surface area contributed by atoms with Crippen molar-refractivity contribution in [1.82, 2.24) is 10.5 Å². The molecule has 0 spiro atoms. The van der Waals surface area contributed by atoms with Gasteiger partial charge in [0, 0.05) is 0 Å². The average Bonchev–Trinajstić information content (AvgIpc) is 3.47. The molecule has 1 aromatic heterocycles. The number of hydrogen-bond acceptors (Lipinski definition) is 5. The Bertz CT molecular complexity index is 590. The van der Waals surface area contributed by atoms with Gasteiger partial charge in [0.25, 0.3) is 5.91 Å². The summed E-state index contributed by atoms with van der Waals surface area (Å²) in [6, 6.07) is -0.577. The molecule has 2 aliphatic carbocycles. The van der Waals surface area contributed by atoms with E-state index in [1.54, 1.807) is 6.92 Å². The first-order chi connectivity index (χ1) is 11.5. The maximum atomic E-state index is 12.7. The first-order valence-electron chi connectivity index (χ1n) is 8.94. The zero-order valence-corrected chi connectivity index (χ0v) is 14.6. The van der Waals surface area contributed by atoms with Gasteiger partial charge in [-0.05, 0) is 56.3 Å². The maximum absolute atomic E-state index is 12.7. The van der Waals surface area contributed by atoms with Gasteiger partial charge in [-0.1, -0.05) is 19.0 Å². The van der Waals surface area contributed by atoms with Crippen molar-refractivity contribution in [3.05, 3.63) is 17.5 Å². The van der Waals surface area contributed by atoms with Gasteiger partial charge in [0.2, 0.25) is 0 Å². The maximum Gasteiger partial charge on any atom is 0.328 e. The number of hydrogen-bond donors (Lipinski definition) is 1. The molecule has 6 nitrogen and oxygen atoms in total. The van der Waals surface area contributed by atoms with Crippen LogP contribution < -0.4 is 5.32 Å². The molecule has 1 atom stereocenters. The van der Waals surface area contributed by atoms with Crippen LogP contribution in [0.15, 0.2) is 10.8 Å². The highest BCUT2D eigenvalue weighted by atomic mass is 16.5. The monoisotopic (exact) mass is 334 g/mol.